The molecule has 1 heterocycles. The van der Waals surface area contributed by atoms with Gasteiger partial charge in [0.2, 0.25) is 5.91 Å². The predicted octanol–water partition coefficient (Wildman–Crippen LogP) is 4.10. The summed E-state index contributed by atoms with van der Waals surface area (Å²) in [4.78, 5) is 17.4. The topological polar surface area (TPSA) is 42.0 Å². The van der Waals surface area contributed by atoms with Gasteiger partial charge in [0, 0.05) is 5.92 Å². The summed E-state index contributed by atoms with van der Waals surface area (Å²) in [5.41, 5.74) is 2.09. The molecule has 1 aromatic heterocycles. The Morgan fingerprint density at radius 3 is 2.68 bits per heavy atom. The highest BCUT2D eigenvalue weighted by molar-refractivity contribution is 7.19. The van der Waals surface area contributed by atoms with Crippen LogP contribution >= 0.6 is 11.3 Å². The standard InChI is InChI=1S/C15H18N2OS/c1-4-10(2)14(18)17-15-16-11(3)13(19-15)12-8-6-5-7-9-12/h5-10H,4H2,1-3H3,(H,16,17,18)/t10-/m0/s1. The fourth-order valence-corrected chi connectivity index (χ4v) is 2.70. The first-order chi connectivity index (χ1) is 9.11. The molecule has 0 bridgehead atoms. The molecule has 0 aliphatic rings. The minimum atomic E-state index is 0.0179. The van der Waals surface area contributed by atoms with E-state index >= 15 is 0 Å². The van der Waals surface area contributed by atoms with Gasteiger partial charge < -0.3 is 5.32 Å². The molecule has 2 aromatic rings. The summed E-state index contributed by atoms with van der Waals surface area (Å²) in [6.07, 6.45) is 0.835. The van der Waals surface area contributed by atoms with Gasteiger partial charge >= 0.3 is 0 Å². The van der Waals surface area contributed by atoms with Crippen molar-refractivity contribution >= 4 is 22.4 Å². The molecular formula is C15H18N2OS. The number of nitrogens with one attached hydrogen (secondary N) is 1. The molecule has 0 fully saturated rings. The van der Waals surface area contributed by atoms with Crippen LogP contribution in [0.2, 0.25) is 0 Å². The monoisotopic (exact) mass is 274 g/mol. The number of carbonyl (C=O) groups excluding carboxylic acids is 1. The molecule has 1 N–H and O–H groups in total. The fourth-order valence-electron chi connectivity index (χ4n) is 1.72. The van der Waals surface area contributed by atoms with E-state index < -0.39 is 0 Å². The molecule has 1 amide bonds. The summed E-state index contributed by atoms with van der Waals surface area (Å²) < 4.78 is 0. The van der Waals surface area contributed by atoms with Gasteiger partial charge in [0.25, 0.3) is 0 Å². The quantitative estimate of drug-likeness (QED) is 0.912. The van der Waals surface area contributed by atoms with E-state index in [1.807, 2.05) is 39.0 Å². The Morgan fingerprint density at radius 1 is 1.37 bits per heavy atom. The lowest BCUT2D eigenvalue weighted by Gasteiger charge is -2.06. The predicted molar refractivity (Wildman–Crippen MR) is 80.4 cm³/mol. The van der Waals surface area contributed by atoms with E-state index in [0.717, 1.165) is 22.6 Å². The number of nitrogens with zero attached hydrogens (tertiary/aromatic N) is 1. The normalized spacial score (nSPS) is 12.2. The molecule has 0 radical (unpaired) electrons. The van der Waals surface area contributed by atoms with E-state index in [-0.39, 0.29) is 11.8 Å². The molecule has 0 unspecified atom stereocenters. The van der Waals surface area contributed by atoms with Crippen LogP contribution < -0.4 is 5.32 Å². The Balaban J connectivity index is 2.20. The van der Waals surface area contributed by atoms with E-state index in [9.17, 15) is 4.79 Å². The minimum Gasteiger partial charge on any atom is -0.302 e. The van der Waals surface area contributed by atoms with Crippen LogP contribution in [0, 0.1) is 12.8 Å². The van der Waals surface area contributed by atoms with Gasteiger partial charge in [0.1, 0.15) is 0 Å². The minimum absolute atomic E-state index is 0.0179. The summed E-state index contributed by atoms with van der Waals surface area (Å²) in [6, 6.07) is 10.1. The Kier molecular flexibility index (Phi) is 4.32. The van der Waals surface area contributed by atoms with E-state index in [4.69, 9.17) is 0 Å². The van der Waals surface area contributed by atoms with Crippen LogP contribution in [0.4, 0.5) is 5.13 Å². The number of amides is 1. The van der Waals surface area contributed by atoms with Crippen molar-refractivity contribution in [3.8, 4) is 10.4 Å². The lowest BCUT2D eigenvalue weighted by molar-refractivity contribution is -0.119. The van der Waals surface area contributed by atoms with Gasteiger partial charge in [-0.25, -0.2) is 4.98 Å². The molecule has 0 aliphatic carbocycles. The second kappa shape index (κ2) is 5.97. The van der Waals surface area contributed by atoms with Gasteiger partial charge in [-0.15, -0.1) is 0 Å². The van der Waals surface area contributed by atoms with Gasteiger partial charge in [-0.05, 0) is 18.9 Å². The third-order valence-electron chi connectivity index (χ3n) is 3.12. The molecule has 0 spiro atoms. The molecular weight excluding hydrogens is 256 g/mol. The van der Waals surface area contributed by atoms with Crippen LogP contribution in [0.1, 0.15) is 26.0 Å². The first kappa shape index (κ1) is 13.7. The molecule has 1 atom stereocenters. The largest absolute Gasteiger partial charge is 0.302 e. The number of rotatable bonds is 4. The van der Waals surface area contributed by atoms with Crippen LogP contribution in [0.5, 0.6) is 0 Å². The maximum Gasteiger partial charge on any atom is 0.228 e. The zero-order valence-corrected chi connectivity index (χ0v) is 12.3. The number of benzene rings is 1. The maximum absolute atomic E-state index is 11.9. The van der Waals surface area contributed by atoms with E-state index in [0.29, 0.717) is 5.13 Å². The van der Waals surface area contributed by atoms with Crippen molar-refractivity contribution in [3.63, 3.8) is 0 Å². The number of anilines is 1. The van der Waals surface area contributed by atoms with Crippen molar-refractivity contribution in [2.75, 3.05) is 5.32 Å². The highest BCUT2D eigenvalue weighted by atomic mass is 32.1. The zero-order chi connectivity index (χ0) is 13.8. The SMILES string of the molecule is CC[C@H](C)C(=O)Nc1nc(C)c(-c2ccccc2)s1. The van der Waals surface area contributed by atoms with Gasteiger partial charge in [0.15, 0.2) is 5.13 Å². The molecule has 0 saturated heterocycles. The first-order valence-corrected chi connectivity index (χ1v) is 7.27. The van der Waals surface area contributed by atoms with Crippen molar-refractivity contribution in [2.45, 2.75) is 27.2 Å². The molecule has 3 nitrogen and oxygen atoms in total. The third-order valence-corrected chi connectivity index (χ3v) is 4.24. The summed E-state index contributed by atoms with van der Waals surface area (Å²) in [7, 11) is 0. The molecule has 2 rings (SSSR count). The lowest BCUT2D eigenvalue weighted by Crippen LogP contribution is -2.19. The second-order valence-electron chi connectivity index (χ2n) is 4.60. The number of aromatic nitrogens is 1. The molecule has 100 valence electrons. The van der Waals surface area contributed by atoms with Gasteiger partial charge in [-0.1, -0.05) is 55.5 Å². The molecule has 19 heavy (non-hydrogen) atoms. The average Bonchev–Trinajstić information content (AvgIpc) is 2.79. The number of aryl methyl sites for hydroxylation is 1. The van der Waals surface area contributed by atoms with Crippen LogP contribution in [0.25, 0.3) is 10.4 Å². The highest BCUT2D eigenvalue weighted by Gasteiger charge is 2.15. The van der Waals surface area contributed by atoms with Crippen LogP contribution in [0.3, 0.4) is 0 Å². The number of hydrogen-bond acceptors (Lipinski definition) is 3. The van der Waals surface area contributed by atoms with Crippen molar-refractivity contribution in [3.05, 3.63) is 36.0 Å². The van der Waals surface area contributed by atoms with Crippen molar-refractivity contribution in [1.29, 1.82) is 0 Å². The Morgan fingerprint density at radius 2 is 2.05 bits per heavy atom. The van der Waals surface area contributed by atoms with Gasteiger partial charge in [-0.3, -0.25) is 4.79 Å². The van der Waals surface area contributed by atoms with Crippen molar-refractivity contribution < 1.29 is 4.79 Å². The number of hydrogen-bond donors (Lipinski definition) is 1. The van der Waals surface area contributed by atoms with Crippen LogP contribution in [0.15, 0.2) is 30.3 Å². The Bertz CT molecular complexity index is 563. The summed E-state index contributed by atoms with van der Waals surface area (Å²) in [5.74, 6) is 0.0558. The number of carbonyl (C=O) groups is 1. The molecule has 1 aromatic carbocycles. The van der Waals surface area contributed by atoms with Crippen molar-refractivity contribution in [2.24, 2.45) is 5.92 Å². The van der Waals surface area contributed by atoms with Crippen LogP contribution in [-0.2, 0) is 4.79 Å². The van der Waals surface area contributed by atoms with Gasteiger partial charge in [0.05, 0.1) is 10.6 Å². The summed E-state index contributed by atoms with van der Waals surface area (Å²) in [5, 5.41) is 3.57. The van der Waals surface area contributed by atoms with Crippen LogP contribution in [-0.4, -0.2) is 10.9 Å². The Hall–Kier alpha value is -1.68. The Labute approximate surface area is 117 Å². The first-order valence-electron chi connectivity index (χ1n) is 6.45. The van der Waals surface area contributed by atoms with E-state index in [1.54, 1.807) is 0 Å². The fraction of sp³-hybridized carbons (Fsp3) is 0.333. The zero-order valence-electron chi connectivity index (χ0n) is 11.4. The molecule has 0 aliphatic heterocycles. The van der Waals surface area contributed by atoms with Crippen molar-refractivity contribution in [1.82, 2.24) is 4.98 Å². The highest BCUT2D eigenvalue weighted by Crippen LogP contribution is 2.32. The van der Waals surface area contributed by atoms with E-state index in [1.165, 1.54) is 11.3 Å². The second-order valence-corrected chi connectivity index (χ2v) is 5.60. The molecule has 0 saturated carbocycles. The smallest absolute Gasteiger partial charge is 0.228 e. The van der Waals surface area contributed by atoms with Gasteiger partial charge in [-0.2, -0.15) is 0 Å². The van der Waals surface area contributed by atoms with E-state index in [2.05, 4.69) is 22.4 Å². The lowest BCUT2D eigenvalue weighted by atomic mass is 10.1. The molecule has 4 heteroatoms. The summed E-state index contributed by atoms with van der Waals surface area (Å²) >= 11 is 1.53. The number of thiazole rings is 1. The third kappa shape index (κ3) is 3.20. The summed E-state index contributed by atoms with van der Waals surface area (Å²) in [6.45, 7) is 5.90. The average molecular weight is 274 g/mol. The maximum atomic E-state index is 11.9.